The maximum absolute atomic E-state index is 12.5. The number of pyridine rings is 3. The molecule has 166 valence electrons. The first-order valence-electron chi connectivity index (χ1n) is 9.37. The Hall–Kier alpha value is -4.38. The first-order valence-corrected chi connectivity index (χ1v) is 10.9. The van der Waals surface area contributed by atoms with Gasteiger partial charge in [0.2, 0.25) is 0 Å². The van der Waals surface area contributed by atoms with E-state index in [4.69, 9.17) is 10.2 Å². The van der Waals surface area contributed by atoms with Crippen molar-refractivity contribution in [2.45, 2.75) is 5.03 Å². The number of aromatic amines is 1. The summed E-state index contributed by atoms with van der Waals surface area (Å²) in [6.45, 7) is 0. The number of fused-ring (bicyclic) bond motifs is 1. The first kappa shape index (κ1) is 21.8. The monoisotopic (exact) mass is 464 g/mol. The van der Waals surface area contributed by atoms with Gasteiger partial charge in [0.1, 0.15) is 5.65 Å². The van der Waals surface area contributed by atoms with Crippen LogP contribution in [0.4, 0.5) is 5.69 Å². The summed E-state index contributed by atoms with van der Waals surface area (Å²) < 4.78 is 25.0. The maximum atomic E-state index is 12.5. The average molecular weight is 464 g/mol. The van der Waals surface area contributed by atoms with Crippen molar-refractivity contribution in [3.8, 4) is 17.3 Å². The SMILES string of the molecule is CNC(=O)c1ccnc(-c2cnc3[nH]ccc3c2NONS(=O)(=O)c2cc(C#N)ccn2)c1. The van der Waals surface area contributed by atoms with Crippen LogP contribution < -0.4 is 15.7 Å². The minimum absolute atomic E-state index is 0.130. The van der Waals surface area contributed by atoms with Crippen LogP contribution in [0.25, 0.3) is 22.3 Å². The quantitative estimate of drug-likeness (QED) is 0.295. The Kier molecular flexibility index (Phi) is 5.96. The summed E-state index contributed by atoms with van der Waals surface area (Å²) >= 11 is 0. The minimum atomic E-state index is -4.19. The Labute approximate surface area is 187 Å². The highest BCUT2D eigenvalue weighted by atomic mass is 32.2. The van der Waals surface area contributed by atoms with Crippen molar-refractivity contribution in [2.24, 2.45) is 0 Å². The molecule has 4 aromatic heterocycles. The van der Waals surface area contributed by atoms with Crippen LogP contribution in [0.5, 0.6) is 0 Å². The van der Waals surface area contributed by atoms with E-state index in [0.717, 1.165) is 6.07 Å². The van der Waals surface area contributed by atoms with Crippen molar-refractivity contribution in [3.63, 3.8) is 0 Å². The summed E-state index contributed by atoms with van der Waals surface area (Å²) in [5.41, 5.74) is 4.81. The Morgan fingerprint density at radius 3 is 2.76 bits per heavy atom. The molecule has 0 saturated heterocycles. The molecule has 0 aliphatic heterocycles. The number of sulfonamides is 1. The molecule has 0 spiro atoms. The minimum Gasteiger partial charge on any atom is -0.355 e. The third-order valence-corrected chi connectivity index (χ3v) is 5.63. The summed E-state index contributed by atoms with van der Waals surface area (Å²) in [6, 6.07) is 9.18. The number of hydrogen-bond donors (Lipinski definition) is 4. The largest absolute Gasteiger partial charge is 0.355 e. The topological polar surface area (TPSA) is 175 Å². The number of anilines is 1. The van der Waals surface area contributed by atoms with Gasteiger partial charge in [0, 0.05) is 48.3 Å². The second-order valence-corrected chi connectivity index (χ2v) is 8.17. The molecule has 4 N–H and O–H groups in total. The summed E-state index contributed by atoms with van der Waals surface area (Å²) in [5.74, 6) is -0.292. The first-order chi connectivity index (χ1) is 15.9. The van der Waals surface area contributed by atoms with E-state index in [-0.39, 0.29) is 16.5 Å². The fourth-order valence-corrected chi connectivity index (χ4v) is 3.69. The van der Waals surface area contributed by atoms with Gasteiger partial charge in [-0.3, -0.25) is 9.78 Å². The van der Waals surface area contributed by atoms with Crippen molar-refractivity contribution in [2.75, 3.05) is 12.5 Å². The summed E-state index contributed by atoms with van der Waals surface area (Å²) in [7, 11) is -2.67. The highest BCUT2D eigenvalue weighted by molar-refractivity contribution is 7.89. The van der Waals surface area contributed by atoms with Crippen LogP contribution in [0.2, 0.25) is 0 Å². The smallest absolute Gasteiger partial charge is 0.281 e. The fraction of sp³-hybridized carbons (Fsp3) is 0.0500. The van der Waals surface area contributed by atoms with Gasteiger partial charge in [0.25, 0.3) is 15.9 Å². The van der Waals surface area contributed by atoms with E-state index in [1.807, 2.05) is 11.0 Å². The Bertz CT molecular complexity index is 1490. The lowest BCUT2D eigenvalue weighted by atomic mass is 10.1. The number of aromatic nitrogens is 4. The molecule has 0 unspecified atom stereocenters. The van der Waals surface area contributed by atoms with Crippen molar-refractivity contribution in [1.82, 2.24) is 30.1 Å². The summed E-state index contributed by atoms with van der Waals surface area (Å²) in [4.78, 5) is 34.4. The summed E-state index contributed by atoms with van der Waals surface area (Å²) in [5, 5.41) is 11.7. The number of rotatable bonds is 7. The lowest BCUT2D eigenvalue weighted by Gasteiger charge is -2.13. The average Bonchev–Trinajstić information content (AvgIpc) is 3.33. The number of nitriles is 1. The molecule has 0 fully saturated rings. The van der Waals surface area contributed by atoms with Crippen molar-refractivity contribution in [3.05, 3.63) is 66.2 Å². The number of carbonyl (C=O) groups is 1. The Morgan fingerprint density at radius 2 is 1.97 bits per heavy atom. The van der Waals surface area contributed by atoms with Crippen LogP contribution in [0.3, 0.4) is 0 Å². The van der Waals surface area contributed by atoms with Crippen LogP contribution in [-0.4, -0.2) is 41.3 Å². The Morgan fingerprint density at radius 1 is 1.15 bits per heavy atom. The third-order valence-electron chi connectivity index (χ3n) is 4.56. The van der Waals surface area contributed by atoms with E-state index in [1.165, 1.54) is 31.7 Å². The third kappa shape index (κ3) is 4.48. The molecule has 4 rings (SSSR count). The molecule has 1 amide bonds. The predicted octanol–water partition coefficient (Wildman–Crippen LogP) is 1.49. The van der Waals surface area contributed by atoms with E-state index < -0.39 is 10.0 Å². The van der Waals surface area contributed by atoms with Gasteiger partial charge < -0.3 is 10.3 Å². The lowest BCUT2D eigenvalue weighted by molar-refractivity contribution is 0.0963. The maximum Gasteiger partial charge on any atom is 0.281 e. The standard InChI is InChI=1S/C20H16N8O4S/c1-22-20(29)13-3-6-23-16(9-13)15-11-26-19-14(4-7-25-19)18(15)27-32-28-33(30,31)17-8-12(10-21)2-5-24-17/h2-9,11,28H,1H3,(H,22,29)(H2,25,26,27). The van der Waals surface area contributed by atoms with Crippen LogP contribution in [-0.2, 0) is 15.0 Å². The molecule has 0 atom stereocenters. The van der Waals surface area contributed by atoms with Gasteiger partial charge in [-0.15, -0.1) is 0 Å². The van der Waals surface area contributed by atoms with Crippen LogP contribution >= 0.6 is 0 Å². The second-order valence-electron chi connectivity index (χ2n) is 6.58. The number of nitrogens with one attached hydrogen (secondary N) is 4. The molecule has 0 aliphatic rings. The fourth-order valence-electron chi connectivity index (χ4n) is 2.97. The molecule has 4 heterocycles. The molecule has 0 bridgehead atoms. The molecule has 0 saturated carbocycles. The van der Waals surface area contributed by atoms with Crippen molar-refractivity contribution < 1.29 is 18.2 Å². The van der Waals surface area contributed by atoms with Gasteiger partial charge in [-0.2, -0.15) is 10.2 Å². The van der Waals surface area contributed by atoms with Gasteiger partial charge in [-0.05, 0) is 30.3 Å². The van der Waals surface area contributed by atoms with E-state index in [2.05, 4.69) is 30.7 Å². The molecule has 0 radical (unpaired) electrons. The van der Waals surface area contributed by atoms with Crippen molar-refractivity contribution >= 4 is 32.7 Å². The molecular weight excluding hydrogens is 448 g/mol. The van der Waals surface area contributed by atoms with E-state index in [1.54, 1.807) is 24.4 Å². The number of carbonyl (C=O) groups excluding carboxylic acids is 1. The van der Waals surface area contributed by atoms with Crippen LogP contribution in [0.1, 0.15) is 15.9 Å². The van der Waals surface area contributed by atoms with Crippen molar-refractivity contribution in [1.29, 1.82) is 5.26 Å². The molecule has 0 aliphatic carbocycles. The molecule has 4 aromatic rings. The Balaban J connectivity index is 1.65. The normalized spacial score (nSPS) is 11.2. The van der Waals surface area contributed by atoms with Crippen LogP contribution in [0.15, 0.2) is 60.1 Å². The molecule has 0 aromatic carbocycles. The highest BCUT2D eigenvalue weighted by Gasteiger charge is 2.19. The molecule has 13 heteroatoms. The summed E-state index contributed by atoms with van der Waals surface area (Å²) in [6.07, 6.45) is 5.84. The van der Waals surface area contributed by atoms with E-state index >= 15 is 0 Å². The van der Waals surface area contributed by atoms with Crippen LogP contribution in [0, 0.1) is 11.3 Å². The second kappa shape index (κ2) is 9.01. The number of H-pyrrole nitrogens is 1. The molecular formula is C20H16N8O4S. The van der Waals surface area contributed by atoms with Gasteiger partial charge in [-0.1, -0.05) is 4.89 Å². The highest BCUT2D eigenvalue weighted by Crippen LogP contribution is 2.32. The molecule has 12 nitrogen and oxygen atoms in total. The number of amides is 1. The van der Waals surface area contributed by atoms with Gasteiger partial charge in [0.15, 0.2) is 5.03 Å². The van der Waals surface area contributed by atoms with E-state index in [0.29, 0.717) is 33.5 Å². The zero-order chi connectivity index (χ0) is 23.4. The van der Waals surface area contributed by atoms with Gasteiger partial charge >= 0.3 is 0 Å². The molecule has 33 heavy (non-hydrogen) atoms. The zero-order valence-corrected chi connectivity index (χ0v) is 17.8. The zero-order valence-electron chi connectivity index (χ0n) is 17.0. The number of hydrogen-bond acceptors (Lipinski definition) is 9. The van der Waals surface area contributed by atoms with Gasteiger partial charge in [-0.25, -0.2) is 23.9 Å². The van der Waals surface area contributed by atoms with Gasteiger partial charge in [0.05, 0.1) is 23.0 Å². The predicted molar refractivity (Wildman–Crippen MR) is 117 cm³/mol. The van der Waals surface area contributed by atoms with E-state index in [9.17, 15) is 13.2 Å². The number of nitrogens with zero attached hydrogens (tertiary/aromatic N) is 4. The lowest BCUT2D eigenvalue weighted by Crippen LogP contribution is -2.27.